The van der Waals surface area contributed by atoms with Crippen LogP contribution in [0, 0.1) is 0 Å². The Kier molecular flexibility index (Phi) is 4.83. The predicted molar refractivity (Wildman–Crippen MR) is 67.0 cm³/mol. The van der Waals surface area contributed by atoms with Crippen molar-refractivity contribution in [2.45, 2.75) is 52.0 Å². The van der Waals surface area contributed by atoms with Gasteiger partial charge >= 0.3 is 0 Å². The molecular weight excluding hydrogens is 182 g/mol. The number of hydrogen-bond acceptors (Lipinski definition) is 1. The first-order valence-electron chi connectivity index (χ1n) is 6.00. The fourth-order valence-electron chi connectivity index (χ4n) is 1.74. The van der Waals surface area contributed by atoms with Gasteiger partial charge in [0.25, 0.3) is 0 Å². The molecule has 0 heterocycles. The molecule has 0 unspecified atom stereocenters. The van der Waals surface area contributed by atoms with Crippen LogP contribution in [0.1, 0.15) is 63.1 Å². The highest BCUT2D eigenvalue weighted by Gasteiger charge is 2.07. The molecule has 0 bridgehead atoms. The van der Waals surface area contributed by atoms with Crippen molar-refractivity contribution in [2.75, 3.05) is 0 Å². The molecular formula is C14H23N. The van der Waals surface area contributed by atoms with Gasteiger partial charge in [-0.2, -0.15) is 0 Å². The number of hydrogen-bond donors (Lipinski definition) is 1. The van der Waals surface area contributed by atoms with Crippen LogP contribution in [-0.4, -0.2) is 0 Å². The van der Waals surface area contributed by atoms with E-state index in [0.717, 1.165) is 6.42 Å². The lowest BCUT2D eigenvalue weighted by Crippen LogP contribution is -2.10. The monoisotopic (exact) mass is 205 g/mol. The van der Waals surface area contributed by atoms with Crippen molar-refractivity contribution >= 4 is 0 Å². The van der Waals surface area contributed by atoms with Crippen LogP contribution >= 0.6 is 0 Å². The summed E-state index contributed by atoms with van der Waals surface area (Å²) in [7, 11) is 0. The largest absolute Gasteiger partial charge is 0.324 e. The van der Waals surface area contributed by atoms with E-state index in [2.05, 4.69) is 45.0 Å². The molecule has 0 saturated carbocycles. The maximum absolute atomic E-state index is 6.15. The summed E-state index contributed by atoms with van der Waals surface area (Å²) in [6.45, 7) is 6.64. The zero-order chi connectivity index (χ0) is 11.3. The van der Waals surface area contributed by atoms with Gasteiger partial charge in [-0.05, 0) is 23.5 Å². The highest BCUT2D eigenvalue weighted by Crippen LogP contribution is 2.21. The molecule has 0 amide bonds. The summed E-state index contributed by atoms with van der Waals surface area (Å²) >= 11 is 0. The van der Waals surface area contributed by atoms with Crippen LogP contribution in [0.3, 0.4) is 0 Å². The first-order valence-corrected chi connectivity index (χ1v) is 6.00. The Morgan fingerprint density at radius 2 is 1.87 bits per heavy atom. The van der Waals surface area contributed by atoms with Gasteiger partial charge in [0.1, 0.15) is 0 Å². The second-order valence-electron chi connectivity index (χ2n) is 4.57. The zero-order valence-electron chi connectivity index (χ0n) is 10.2. The molecule has 0 aliphatic rings. The van der Waals surface area contributed by atoms with Crippen molar-refractivity contribution in [3.63, 3.8) is 0 Å². The molecule has 0 spiro atoms. The van der Waals surface area contributed by atoms with E-state index in [1.165, 1.54) is 24.0 Å². The summed E-state index contributed by atoms with van der Waals surface area (Å²) in [4.78, 5) is 0. The SMILES string of the molecule is CCCC[C@@H](N)c1cccc(C(C)C)c1. The molecule has 0 aromatic heterocycles. The smallest absolute Gasteiger partial charge is 0.0294 e. The Bertz CT molecular complexity index is 291. The molecule has 1 nitrogen and oxygen atoms in total. The molecule has 0 saturated heterocycles. The summed E-state index contributed by atoms with van der Waals surface area (Å²) < 4.78 is 0. The summed E-state index contributed by atoms with van der Waals surface area (Å²) in [5, 5.41) is 0. The van der Waals surface area contributed by atoms with Gasteiger partial charge in [0.15, 0.2) is 0 Å². The summed E-state index contributed by atoms with van der Waals surface area (Å²) in [5.41, 5.74) is 8.83. The van der Waals surface area contributed by atoms with Crippen molar-refractivity contribution < 1.29 is 0 Å². The van der Waals surface area contributed by atoms with Crippen LogP contribution < -0.4 is 5.73 Å². The first kappa shape index (κ1) is 12.3. The highest BCUT2D eigenvalue weighted by molar-refractivity contribution is 5.27. The fraction of sp³-hybridized carbons (Fsp3) is 0.571. The maximum atomic E-state index is 6.15. The lowest BCUT2D eigenvalue weighted by atomic mass is 9.96. The number of rotatable bonds is 5. The minimum atomic E-state index is 0.212. The molecule has 1 atom stereocenters. The standard InChI is InChI=1S/C14H23N/c1-4-5-9-14(15)13-8-6-7-12(10-13)11(2)3/h6-8,10-11,14H,4-5,9,15H2,1-3H3/t14-/m1/s1. The molecule has 1 rings (SSSR count). The first-order chi connectivity index (χ1) is 7.15. The number of benzene rings is 1. The second kappa shape index (κ2) is 5.92. The lowest BCUT2D eigenvalue weighted by molar-refractivity contribution is 0.602. The van der Waals surface area contributed by atoms with E-state index in [0.29, 0.717) is 5.92 Å². The van der Waals surface area contributed by atoms with E-state index >= 15 is 0 Å². The van der Waals surface area contributed by atoms with Crippen molar-refractivity contribution in [3.8, 4) is 0 Å². The third-order valence-electron chi connectivity index (χ3n) is 2.87. The van der Waals surface area contributed by atoms with Gasteiger partial charge in [-0.15, -0.1) is 0 Å². The van der Waals surface area contributed by atoms with Crippen LogP contribution in [0.5, 0.6) is 0 Å². The van der Waals surface area contributed by atoms with Crippen LogP contribution in [0.2, 0.25) is 0 Å². The molecule has 0 fully saturated rings. The Balaban J connectivity index is 2.71. The Labute approximate surface area is 93.7 Å². The molecule has 84 valence electrons. The van der Waals surface area contributed by atoms with Crippen molar-refractivity contribution in [1.29, 1.82) is 0 Å². The molecule has 1 heteroatoms. The van der Waals surface area contributed by atoms with Gasteiger partial charge in [0.05, 0.1) is 0 Å². The molecule has 1 aromatic carbocycles. The van der Waals surface area contributed by atoms with Gasteiger partial charge in [-0.1, -0.05) is 57.9 Å². The fourth-order valence-corrected chi connectivity index (χ4v) is 1.74. The van der Waals surface area contributed by atoms with E-state index in [9.17, 15) is 0 Å². The van der Waals surface area contributed by atoms with Gasteiger partial charge in [-0.25, -0.2) is 0 Å². The Morgan fingerprint density at radius 3 is 2.47 bits per heavy atom. The van der Waals surface area contributed by atoms with Crippen LogP contribution in [0.15, 0.2) is 24.3 Å². The van der Waals surface area contributed by atoms with E-state index < -0.39 is 0 Å². The predicted octanol–water partition coefficient (Wildman–Crippen LogP) is 4.00. The van der Waals surface area contributed by atoms with E-state index in [1.54, 1.807) is 0 Å². The van der Waals surface area contributed by atoms with Crippen LogP contribution in [0.4, 0.5) is 0 Å². The normalized spacial score (nSPS) is 13.1. The Morgan fingerprint density at radius 1 is 1.20 bits per heavy atom. The van der Waals surface area contributed by atoms with Crippen molar-refractivity contribution in [2.24, 2.45) is 5.73 Å². The van der Waals surface area contributed by atoms with Gasteiger partial charge in [0, 0.05) is 6.04 Å². The molecule has 1 aromatic rings. The van der Waals surface area contributed by atoms with E-state index in [4.69, 9.17) is 5.73 Å². The summed E-state index contributed by atoms with van der Waals surface area (Å²) in [6.07, 6.45) is 3.53. The summed E-state index contributed by atoms with van der Waals surface area (Å²) in [5.74, 6) is 0.586. The van der Waals surface area contributed by atoms with Gasteiger partial charge < -0.3 is 5.73 Å². The number of unbranched alkanes of at least 4 members (excludes halogenated alkanes) is 1. The molecule has 15 heavy (non-hydrogen) atoms. The van der Waals surface area contributed by atoms with Crippen LogP contribution in [0.25, 0.3) is 0 Å². The Hall–Kier alpha value is -0.820. The van der Waals surface area contributed by atoms with E-state index in [-0.39, 0.29) is 6.04 Å². The minimum absolute atomic E-state index is 0.212. The lowest BCUT2D eigenvalue weighted by Gasteiger charge is -2.14. The second-order valence-corrected chi connectivity index (χ2v) is 4.57. The third-order valence-corrected chi connectivity index (χ3v) is 2.87. The average molecular weight is 205 g/mol. The van der Waals surface area contributed by atoms with Gasteiger partial charge in [-0.3, -0.25) is 0 Å². The van der Waals surface area contributed by atoms with Crippen LogP contribution in [-0.2, 0) is 0 Å². The third kappa shape index (κ3) is 3.67. The maximum Gasteiger partial charge on any atom is 0.0294 e. The van der Waals surface area contributed by atoms with Crippen molar-refractivity contribution in [3.05, 3.63) is 35.4 Å². The molecule has 0 radical (unpaired) electrons. The quantitative estimate of drug-likeness (QED) is 0.772. The van der Waals surface area contributed by atoms with Gasteiger partial charge in [0.2, 0.25) is 0 Å². The molecule has 2 N–H and O–H groups in total. The molecule has 0 aliphatic carbocycles. The van der Waals surface area contributed by atoms with Crippen molar-refractivity contribution in [1.82, 2.24) is 0 Å². The van der Waals surface area contributed by atoms with E-state index in [1.807, 2.05) is 0 Å². The number of nitrogens with two attached hydrogens (primary N) is 1. The molecule has 0 aliphatic heterocycles. The summed E-state index contributed by atoms with van der Waals surface area (Å²) in [6, 6.07) is 8.91. The zero-order valence-corrected chi connectivity index (χ0v) is 10.2. The highest BCUT2D eigenvalue weighted by atomic mass is 14.6. The minimum Gasteiger partial charge on any atom is -0.324 e. The average Bonchev–Trinajstić information content (AvgIpc) is 2.26. The topological polar surface area (TPSA) is 26.0 Å².